The molecule has 4 nitrogen and oxygen atoms in total. The Hall–Kier alpha value is -2.49. The third-order valence-electron chi connectivity index (χ3n) is 2.40. The molecule has 0 fully saturated rings. The second kappa shape index (κ2) is 4.17. The zero-order chi connectivity index (χ0) is 12.4. The SMILES string of the molecule is Nc1ccc(C(=O)c2ccc(O)cc2O)cc1. The normalized spacial score (nSPS) is 10.1. The summed E-state index contributed by atoms with van der Waals surface area (Å²) in [6.45, 7) is 0. The van der Waals surface area contributed by atoms with Gasteiger partial charge in [-0.3, -0.25) is 4.79 Å². The topological polar surface area (TPSA) is 83.6 Å². The van der Waals surface area contributed by atoms with Gasteiger partial charge in [0.05, 0.1) is 5.56 Å². The van der Waals surface area contributed by atoms with Crippen LogP contribution in [0.4, 0.5) is 5.69 Å². The summed E-state index contributed by atoms with van der Waals surface area (Å²) in [5.41, 5.74) is 6.66. The second-order valence-electron chi connectivity index (χ2n) is 3.65. The number of hydrogen-bond acceptors (Lipinski definition) is 4. The highest BCUT2D eigenvalue weighted by Gasteiger charge is 2.13. The summed E-state index contributed by atoms with van der Waals surface area (Å²) >= 11 is 0. The highest BCUT2D eigenvalue weighted by molar-refractivity contribution is 6.10. The number of carbonyl (C=O) groups is 1. The van der Waals surface area contributed by atoms with Crippen LogP contribution in [0.15, 0.2) is 42.5 Å². The third-order valence-corrected chi connectivity index (χ3v) is 2.40. The lowest BCUT2D eigenvalue weighted by Crippen LogP contribution is -2.01. The number of carbonyl (C=O) groups excluding carboxylic acids is 1. The number of aromatic hydroxyl groups is 2. The summed E-state index contributed by atoms with van der Waals surface area (Å²) < 4.78 is 0. The van der Waals surface area contributed by atoms with Crippen molar-refractivity contribution in [3.05, 3.63) is 53.6 Å². The molecule has 0 heterocycles. The van der Waals surface area contributed by atoms with Crippen molar-refractivity contribution in [2.24, 2.45) is 0 Å². The quantitative estimate of drug-likeness (QED) is 0.542. The summed E-state index contributed by atoms with van der Waals surface area (Å²) in [5.74, 6) is -0.648. The second-order valence-corrected chi connectivity index (χ2v) is 3.65. The number of benzene rings is 2. The molecule has 0 saturated carbocycles. The third kappa shape index (κ3) is 2.20. The van der Waals surface area contributed by atoms with E-state index >= 15 is 0 Å². The van der Waals surface area contributed by atoms with E-state index in [1.165, 1.54) is 12.1 Å². The van der Waals surface area contributed by atoms with Crippen LogP contribution in [0.3, 0.4) is 0 Å². The fraction of sp³-hybridized carbons (Fsp3) is 0. The minimum Gasteiger partial charge on any atom is -0.508 e. The predicted molar refractivity (Wildman–Crippen MR) is 64.1 cm³/mol. The average molecular weight is 229 g/mol. The molecule has 0 aliphatic carbocycles. The monoisotopic (exact) mass is 229 g/mol. The number of nitrogen functional groups attached to an aromatic ring is 1. The van der Waals surface area contributed by atoms with Gasteiger partial charge in [0.2, 0.25) is 0 Å². The number of hydrogen-bond donors (Lipinski definition) is 3. The van der Waals surface area contributed by atoms with E-state index in [1.54, 1.807) is 24.3 Å². The average Bonchev–Trinajstić information content (AvgIpc) is 2.29. The van der Waals surface area contributed by atoms with Crippen molar-refractivity contribution < 1.29 is 15.0 Å². The van der Waals surface area contributed by atoms with Gasteiger partial charge in [-0.15, -0.1) is 0 Å². The molecule has 0 aromatic heterocycles. The Morgan fingerprint density at radius 3 is 2.24 bits per heavy atom. The molecule has 0 unspecified atom stereocenters. The number of rotatable bonds is 2. The number of anilines is 1. The maximum Gasteiger partial charge on any atom is 0.196 e. The van der Waals surface area contributed by atoms with Gasteiger partial charge in [0.15, 0.2) is 5.78 Å². The standard InChI is InChI=1S/C13H11NO3/c14-9-3-1-8(2-4-9)13(17)11-6-5-10(15)7-12(11)16/h1-7,15-16H,14H2. The first-order valence-corrected chi connectivity index (χ1v) is 5.00. The van der Waals surface area contributed by atoms with Crippen LogP contribution in [0, 0.1) is 0 Å². The number of phenols is 2. The van der Waals surface area contributed by atoms with Gasteiger partial charge < -0.3 is 15.9 Å². The molecule has 0 aliphatic heterocycles. The lowest BCUT2D eigenvalue weighted by molar-refractivity contribution is 0.103. The Kier molecular flexibility index (Phi) is 2.70. The van der Waals surface area contributed by atoms with Gasteiger partial charge in [-0.05, 0) is 36.4 Å². The first-order valence-electron chi connectivity index (χ1n) is 5.00. The predicted octanol–water partition coefficient (Wildman–Crippen LogP) is 1.91. The fourth-order valence-electron chi connectivity index (χ4n) is 1.50. The van der Waals surface area contributed by atoms with E-state index in [2.05, 4.69) is 0 Å². The van der Waals surface area contributed by atoms with E-state index in [0.29, 0.717) is 11.3 Å². The highest BCUT2D eigenvalue weighted by atomic mass is 16.3. The molecule has 0 bridgehead atoms. The molecule has 86 valence electrons. The summed E-state index contributed by atoms with van der Waals surface area (Å²) in [4.78, 5) is 12.0. The maximum atomic E-state index is 12.0. The largest absolute Gasteiger partial charge is 0.508 e. The molecule has 0 amide bonds. The Balaban J connectivity index is 2.40. The number of phenolic OH excluding ortho intramolecular Hbond substituents is 2. The minimum atomic E-state index is -0.317. The van der Waals surface area contributed by atoms with Crippen LogP contribution in [-0.4, -0.2) is 16.0 Å². The molecular formula is C13H11NO3. The van der Waals surface area contributed by atoms with Crippen molar-refractivity contribution >= 4 is 11.5 Å². The maximum absolute atomic E-state index is 12.0. The fourth-order valence-corrected chi connectivity index (χ4v) is 1.50. The number of ketones is 1. The van der Waals surface area contributed by atoms with Crippen molar-refractivity contribution in [3.8, 4) is 11.5 Å². The van der Waals surface area contributed by atoms with Crippen LogP contribution in [0.25, 0.3) is 0 Å². The minimum absolute atomic E-state index is 0.0867. The van der Waals surface area contributed by atoms with E-state index in [-0.39, 0.29) is 22.8 Å². The molecule has 2 rings (SSSR count). The Morgan fingerprint density at radius 2 is 1.65 bits per heavy atom. The van der Waals surface area contributed by atoms with E-state index in [1.807, 2.05) is 0 Å². The van der Waals surface area contributed by atoms with Gasteiger partial charge in [0.25, 0.3) is 0 Å². The summed E-state index contributed by atoms with van der Waals surface area (Å²) in [6, 6.07) is 10.3. The summed E-state index contributed by atoms with van der Waals surface area (Å²) in [5, 5.41) is 18.7. The zero-order valence-electron chi connectivity index (χ0n) is 8.92. The molecule has 17 heavy (non-hydrogen) atoms. The van der Waals surface area contributed by atoms with E-state index in [0.717, 1.165) is 6.07 Å². The zero-order valence-corrected chi connectivity index (χ0v) is 8.92. The van der Waals surface area contributed by atoms with Crippen molar-refractivity contribution in [2.75, 3.05) is 5.73 Å². The summed E-state index contributed by atoms with van der Waals surface area (Å²) in [7, 11) is 0. The smallest absolute Gasteiger partial charge is 0.196 e. The van der Waals surface area contributed by atoms with Gasteiger partial charge in [0, 0.05) is 17.3 Å². The first-order chi connectivity index (χ1) is 8.08. The van der Waals surface area contributed by atoms with Gasteiger partial charge in [-0.1, -0.05) is 0 Å². The first kappa shape index (κ1) is 11.0. The van der Waals surface area contributed by atoms with Crippen molar-refractivity contribution in [1.82, 2.24) is 0 Å². The van der Waals surface area contributed by atoms with Crippen LogP contribution in [0.1, 0.15) is 15.9 Å². The summed E-state index contributed by atoms with van der Waals surface area (Å²) in [6.07, 6.45) is 0. The van der Waals surface area contributed by atoms with E-state index in [9.17, 15) is 9.90 Å². The lowest BCUT2D eigenvalue weighted by Gasteiger charge is -2.04. The molecule has 0 spiro atoms. The van der Waals surface area contributed by atoms with E-state index in [4.69, 9.17) is 10.8 Å². The Bertz CT molecular complexity index is 561. The van der Waals surface area contributed by atoms with Crippen molar-refractivity contribution in [3.63, 3.8) is 0 Å². The van der Waals surface area contributed by atoms with Crippen molar-refractivity contribution in [2.45, 2.75) is 0 Å². The molecule has 0 radical (unpaired) electrons. The molecule has 2 aromatic rings. The van der Waals surface area contributed by atoms with Crippen LogP contribution in [-0.2, 0) is 0 Å². The van der Waals surface area contributed by atoms with Crippen LogP contribution in [0.5, 0.6) is 11.5 Å². The highest BCUT2D eigenvalue weighted by Crippen LogP contribution is 2.25. The lowest BCUT2D eigenvalue weighted by atomic mass is 10.0. The van der Waals surface area contributed by atoms with Gasteiger partial charge in [-0.2, -0.15) is 0 Å². The Labute approximate surface area is 97.9 Å². The number of nitrogens with two attached hydrogens (primary N) is 1. The molecule has 0 aliphatic rings. The van der Waals surface area contributed by atoms with Crippen LogP contribution >= 0.6 is 0 Å². The van der Waals surface area contributed by atoms with Gasteiger partial charge in [-0.25, -0.2) is 0 Å². The van der Waals surface area contributed by atoms with E-state index < -0.39 is 0 Å². The molecular weight excluding hydrogens is 218 g/mol. The molecule has 4 heteroatoms. The molecule has 4 N–H and O–H groups in total. The Morgan fingerprint density at radius 1 is 1.00 bits per heavy atom. The molecule has 0 saturated heterocycles. The van der Waals surface area contributed by atoms with Gasteiger partial charge in [0.1, 0.15) is 11.5 Å². The van der Waals surface area contributed by atoms with Crippen LogP contribution < -0.4 is 5.73 Å². The molecule has 0 atom stereocenters. The van der Waals surface area contributed by atoms with Crippen molar-refractivity contribution in [1.29, 1.82) is 0 Å². The molecule has 2 aromatic carbocycles. The van der Waals surface area contributed by atoms with Crippen LogP contribution in [0.2, 0.25) is 0 Å². The van der Waals surface area contributed by atoms with Gasteiger partial charge >= 0.3 is 0 Å².